The number of amides is 2. The van der Waals surface area contributed by atoms with E-state index in [0.717, 1.165) is 10.4 Å². The van der Waals surface area contributed by atoms with Crippen LogP contribution >= 0.6 is 22.9 Å². The Labute approximate surface area is 131 Å². The average Bonchev–Trinajstić information content (AvgIpc) is 2.99. The van der Waals surface area contributed by atoms with Crippen molar-refractivity contribution in [2.45, 2.75) is 6.42 Å². The third kappa shape index (κ3) is 5.41. The maximum Gasteiger partial charge on any atom is 0.262 e. The highest BCUT2D eigenvalue weighted by atomic mass is 35.5. The van der Waals surface area contributed by atoms with Crippen molar-refractivity contribution < 1.29 is 9.59 Å². The lowest BCUT2D eigenvalue weighted by Crippen LogP contribution is -2.41. The lowest BCUT2D eigenvalue weighted by Gasteiger charge is -2.05. The Balaban J connectivity index is 1.75. The van der Waals surface area contributed by atoms with Crippen LogP contribution in [0.3, 0.4) is 0 Å². The number of hydrazine groups is 1. The molecule has 1 aromatic carbocycles. The van der Waals surface area contributed by atoms with Crippen LogP contribution in [-0.4, -0.2) is 11.8 Å². The number of halogens is 1. The van der Waals surface area contributed by atoms with Gasteiger partial charge < -0.3 is 0 Å². The van der Waals surface area contributed by atoms with Crippen LogP contribution in [0.15, 0.2) is 47.9 Å². The van der Waals surface area contributed by atoms with Crippen molar-refractivity contribution in [3.63, 3.8) is 0 Å². The Bertz CT molecular complexity index is 636. The first kappa shape index (κ1) is 15.3. The molecule has 4 nitrogen and oxygen atoms in total. The van der Waals surface area contributed by atoms with Crippen molar-refractivity contribution in [3.8, 4) is 0 Å². The summed E-state index contributed by atoms with van der Waals surface area (Å²) in [6.07, 6.45) is 3.23. The Hall–Kier alpha value is -2.11. The zero-order valence-corrected chi connectivity index (χ0v) is 12.6. The van der Waals surface area contributed by atoms with E-state index in [9.17, 15) is 9.59 Å². The van der Waals surface area contributed by atoms with Crippen molar-refractivity contribution >= 4 is 40.8 Å². The Morgan fingerprint density at radius 1 is 1.14 bits per heavy atom. The summed E-state index contributed by atoms with van der Waals surface area (Å²) < 4.78 is 0. The second kappa shape index (κ2) is 7.61. The van der Waals surface area contributed by atoms with Gasteiger partial charge in [0.1, 0.15) is 0 Å². The standard InChI is InChI=1S/C15H13ClN2O2S/c16-12-5-3-11(4-6-12)10-15(20)18-17-14(19)8-7-13-2-1-9-21-13/h1-9H,10H2,(H,17,19)(H,18,20)/b8-7+. The van der Waals surface area contributed by atoms with Gasteiger partial charge in [-0.3, -0.25) is 20.4 Å². The van der Waals surface area contributed by atoms with Gasteiger partial charge in [0.25, 0.3) is 5.91 Å². The molecule has 0 aliphatic carbocycles. The molecule has 2 aromatic rings. The predicted octanol–water partition coefficient (Wildman–Crippen LogP) is 2.80. The molecule has 0 spiro atoms. The fourth-order valence-electron chi connectivity index (χ4n) is 1.55. The average molecular weight is 321 g/mol. The van der Waals surface area contributed by atoms with Gasteiger partial charge in [-0.15, -0.1) is 11.3 Å². The van der Waals surface area contributed by atoms with Crippen LogP contribution in [0.1, 0.15) is 10.4 Å². The van der Waals surface area contributed by atoms with Crippen molar-refractivity contribution in [1.82, 2.24) is 10.9 Å². The molecule has 0 atom stereocenters. The fourth-order valence-corrected chi connectivity index (χ4v) is 2.29. The number of hydrogen-bond acceptors (Lipinski definition) is 3. The Morgan fingerprint density at radius 2 is 1.90 bits per heavy atom. The van der Waals surface area contributed by atoms with E-state index < -0.39 is 0 Å². The molecular formula is C15H13ClN2O2S. The fraction of sp³-hybridized carbons (Fsp3) is 0.0667. The minimum absolute atomic E-state index is 0.173. The number of carbonyl (C=O) groups excluding carboxylic acids is 2. The minimum Gasteiger partial charge on any atom is -0.273 e. The number of hydrogen-bond donors (Lipinski definition) is 2. The molecule has 0 aliphatic rings. The summed E-state index contributed by atoms with van der Waals surface area (Å²) in [7, 11) is 0. The molecule has 0 bridgehead atoms. The van der Waals surface area contributed by atoms with Gasteiger partial charge >= 0.3 is 0 Å². The topological polar surface area (TPSA) is 58.2 Å². The van der Waals surface area contributed by atoms with Crippen molar-refractivity contribution in [2.75, 3.05) is 0 Å². The monoisotopic (exact) mass is 320 g/mol. The molecule has 1 aromatic heterocycles. The van der Waals surface area contributed by atoms with Gasteiger partial charge in [-0.05, 0) is 35.2 Å². The van der Waals surface area contributed by atoms with Crippen molar-refractivity contribution in [1.29, 1.82) is 0 Å². The quantitative estimate of drug-likeness (QED) is 0.672. The van der Waals surface area contributed by atoms with E-state index in [1.165, 1.54) is 17.4 Å². The summed E-state index contributed by atoms with van der Waals surface area (Å²) in [6.45, 7) is 0. The highest BCUT2D eigenvalue weighted by Crippen LogP contribution is 2.10. The van der Waals surface area contributed by atoms with E-state index >= 15 is 0 Å². The van der Waals surface area contributed by atoms with Crippen LogP contribution in [0.5, 0.6) is 0 Å². The van der Waals surface area contributed by atoms with Gasteiger partial charge in [-0.25, -0.2) is 0 Å². The molecule has 21 heavy (non-hydrogen) atoms. The van der Waals surface area contributed by atoms with Crippen LogP contribution in [0.4, 0.5) is 0 Å². The zero-order valence-electron chi connectivity index (χ0n) is 11.0. The van der Waals surface area contributed by atoms with Gasteiger partial charge in [0.2, 0.25) is 5.91 Å². The normalized spacial score (nSPS) is 10.5. The molecule has 0 saturated heterocycles. The second-order valence-corrected chi connectivity index (χ2v) is 5.61. The lowest BCUT2D eigenvalue weighted by atomic mass is 10.1. The summed E-state index contributed by atoms with van der Waals surface area (Å²) >= 11 is 7.29. The largest absolute Gasteiger partial charge is 0.273 e. The van der Waals surface area contributed by atoms with Gasteiger partial charge in [-0.1, -0.05) is 29.8 Å². The molecular weight excluding hydrogens is 308 g/mol. The van der Waals surface area contributed by atoms with E-state index in [1.54, 1.807) is 30.3 Å². The third-order valence-corrected chi connectivity index (χ3v) is 3.63. The molecule has 0 unspecified atom stereocenters. The van der Waals surface area contributed by atoms with E-state index in [1.807, 2.05) is 17.5 Å². The highest BCUT2D eigenvalue weighted by Gasteiger charge is 2.04. The van der Waals surface area contributed by atoms with Crippen LogP contribution < -0.4 is 10.9 Å². The maximum atomic E-state index is 11.7. The molecule has 1 heterocycles. The first-order valence-corrected chi connectivity index (χ1v) is 7.44. The smallest absolute Gasteiger partial charge is 0.262 e. The SMILES string of the molecule is O=C(/C=C/c1cccs1)NNC(=O)Cc1ccc(Cl)cc1. The van der Waals surface area contributed by atoms with Crippen molar-refractivity contribution in [2.24, 2.45) is 0 Å². The maximum absolute atomic E-state index is 11.7. The highest BCUT2D eigenvalue weighted by molar-refractivity contribution is 7.10. The molecule has 108 valence electrons. The zero-order chi connectivity index (χ0) is 15.1. The Morgan fingerprint density at radius 3 is 2.57 bits per heavy atom. The van der Waals surface area contributed by atoms with Gasteiger partial charge in [0.05, 0.1) is 6.42 Å². The molecule has 2 N–H and O–H groups in total. The summed E-state index contributed by atoms with van der Waals surface area (Å²) in [4.78, 5) is 24.1. The van der Waals surface area contributed by atoms with Crippen LogP contribution in [-0.2, 0) is 16.0 Å². The van der Waals surface area contributed by atoms with Crippen LogP contribution in [0, 0.1) is 0 Å². The van der Waals surface area contributed by atoms with Gasteiger partial charge in [0, 0.05) is 16.0 Å². The van der Waals surface area contributed by atoms with E-state index in [4.69, 9.17) is 11.6 Å². The molecule has 2 rings (SSSR count). The van der Waals surface area contributed by atoms with Crippen LogP contribution in [0.2, 0.25) is 5.02 Å². The number of nitrogens with one attached hydrogen (secondary N) is 2. The summed E-state index contributed by atoms with van der Waals surface area (Å²) in [5.41, 5.74) is 5.51. The first-order chi connectivity index (χ1) is 10.1. The lowest BCUT2D eigenvalue weighted by molar-refractivity contribution is -0.126. The molecule has 0 radical (unpaired) electrons. The number of benzene rings is 1. The number of carbonyl (C=O) groups is 2. The molecule has 0 aliphatic heterocycles. The summed E-state index contributed by atoms with van der Waals surface area (Å²) in [5, 5.41) is 2.54. The minimum atomic E-state index is -0.382. The summed E-state index contributed by atoms with van der Waals surface area (Å²) in [6, 6.07) is 10.8. The van der Waals surface area contributed by atoms with E-state index in [2.05, 4.69) is 10.9 Å². The molecule has 0 fully saturated rings. The van der Waals surface area contributed by atoms with Crippen LogP contribution in [0.25, 0.3) is 6.08 Å². The summed E-state index contributed by atoms with van der Waals surface area (Å²) in [5.74, 6) is -0.678. The van der Waals surface area contributed by atoms with Crippen molar-refractivity contribution in [3.05, 3.63) is 63.3 Å². The number of rotatable bonds is 4. The first-order valence-electron chi connectivity index (χ1n) is 6.18. The third-order valence-electron chi connectivity index (χ3n) is 2.55. The predicted molar refractivity (Wildman–Crippen MR) is 84.8 cm³/mol. The Kier molecular flexibility index (Phi) is 5.54. The second-order valence-electron chi connectivity index (χ2n) is 4.19. The molecule has 2 amide bonds. The van der Waals surface area contributed by atoms with E-state index in [0.29, 0.717) is 5.02 Å². The number of thiophene rings is 1. The molecule has 0 saturated carbocycles. The van der Waals surface area contributed by atoms with Gasteiger partial charge in [-0.2, -0.15) is 0 Å². The molecule has 6 heteroatoms. The van der Waals surface area contributed by atoms with Gasteiger partial charge in [0.15, 0.2) is 0 Å². The van der Waals surface area contributed by atoms with E-state index in [-0.39, 0.29) is 18.2 Å².